The summed E-state index contributed by atoms with van der Waals surface area (Å²) in [4.78, 5) is 2.48. The maximum absolute atomic E-state index is 6.00. The zero-order valence-electron chi connectivity index (χ0n) is 10.4. The molecular formula is C14H22N2. The van der Waals surface area contributed by atoms with Gasteiger partial charge in [-0.2, -0.15) is 0 Å². The Bertz CT molecular complexity index is 352. The number of hydrogen-bond donors (Lipinski definition) is 1. The van der Waals surface area contributed by atoms with Crippen molar-refractivity contribution in [2.24, 2.45) is 0 Å². The van der Waals surface area contributed by atoms with Crippen molar-refractivity contribution in [3.8, 4) is 0 Å². The SMILES string of the molecule is CC(C)c1cc(N2CCCCC2)ccc1N. The fourth-order valence-electron chi connectivity index (χ4n) is 2.41. The Morgan fingerprint density at radius 3 is 2.44 bits per heavy atom. The number of nitrogen functional groups attached to an aromatic ring is 1. The number of nitrogens with two attached hydrogens (primary N) is 1. The normalized spacial score (nSPS) is 16.8. The van der Waals surface area contributed by atoms with Gasteiger partial charge >= 0.3 is 0 Å². The first-order valence-corrected chi connectivity index (χ1v) is 6.33. The van der Waals surface area contributed by atoms with Gasteiger partial charge in [-0.15, -0.1) is 0 Å². The van der Waals surface area contributed by atoms with Crippen LogP contribution in [0.5, 0.6) is 0 Å². The molecule has 0 radical (unpaired) electrons. The average Bonchev–Trinajstić information content (AvgIpc) is 2.30. The Morgan fingerprint density at radius 1 is 1.12 bits per heavy atom. The monoisotopic (exact) mass is 218 g/mol. The topological polar surface area (TPSA) is 29.3 Å². The smallest absolute Gasteiger partial charge is 0.0370 e. The van der Waals surface area contributed by atoms with Gasteiger partial charge in [0, 0.05) is 24.5 Å². The standard InChI is InChI=1S/C14H22N2/c1-11(2)13-10-12(6-7-14(13)15)16-8-4-3-5-9-16/h6-7,10-11H,3-5,8-9,15H2,1-2H3. The van der Waals surface area contributed by atoms with Crippen LogP contribution < -0.4 is 10.6 Å². The molecule has 1 aliphatic heterocycles. The molecule has 2 nitrogen and oxygen atoms in total. The largest absolute Gasteiger partial charge is 0.398 e. The molecule has 1 aromatic rings. The highest BCUT2D eigenvalue weighted by molar-refractivity contribution is 5.59. The quantitative estimate of drug-likeness (QED) is 0.771. The minimum atomic E-state index is 0.504. The van der Waals surface area contributed by atoms with Gasteiger partial charge in [0.2, 0.25) is 0 Å². The van der Waals surface area contributed by atoms with Gasteiger partial charge in [0.15, 0.2) is 0 Å². The fourth-order valence-corrected chi connectivity index (χ4v) is 2.41. The van der Waals surface area contributed by atoms with Crippen molar-refractivity contribution < 1.29 is 0 Å². The molecule has 16 heavy (non-hydrogen) atoms. The number of nitrogens with zero attached hydrogens (tertiary/aromatic N) is 1. The molecule has 1 heterocycles. The molecule has 0 aliphatic carbocycles. The maximum atomic E-state index is 6.00. The molecule has 0 atom stereocenters. The van der Waals surface area contributed by atoms with Gasteiger partial charge < -0.3 is 10.6 Å². The second-order valence-corrected chi connectivity index (χ2v) is 5.02. The third-order valence-electron chi connectivity index (χ3n) is 3.41. The van der Waals surface area contributed by atoms with Crippen LogP contribution in [-0.4, -0.2) is 13.1 Å². The molecule has 1 aromatic carbocycles. The first-order chi connectivity index (χ1) is 7.68. The van der Waals surface area contributed by atoms with E-state index >= 15 is 0 Å². The van der Waals surface area contributed by atoms with Gasteiger partial charge in [0.1, 0.15) is 0 Å². The number of hydrogen-bond acceptors (Lipinski definition) is 2. The Balaban J connectivity index is 2.24. The second-order valence-electron chi connectivity index (χ2n) is 5.02. The molecule has 2 heteroatoms. The minimum Gasteiger partial charge on any atom is -0.398 e. The first kappa shape index (κ1) is 11.3. The lowest BCUT2D eigenvalue weighted by molar-refractivity contribution is 0.577. The molecule has 2 N–H and O–H groups in total. The number of benzene rings is 1. The summed E-state index contributed by atoms with van der Waals surface area (Å²) in [6, 6.07) is 6.48. The number of anilines is 2. The molecule has 0 amide bonds. The van der Waals surface area contributed by atoms with Crippen LogP contribution in [-0.2, 0) is 0 Å². The van der Waals surface area contributed by atoms with E-state index in [9.17, 15) is 0 Å². The van der Waals surface area contributed by atoms with Crippen LogP contribution in [0.4, 0.5) is 11.4 Å². The second kappa shape index (κ2) is 4.77. The predicted molar refractivity (Wildman–Crippen MR) is 71.0 cm³/mol. The van der Waals surface area contributed by atoms with Crippen molar-refractivity contribution in [3.05, 3.63) is 23.8 Å². The lowest BCUT2D eigenvalue weighted by Gasteiger charge is -2.29. The summed E-state index contributed by atoms with van der Waals surface area (Å²) in [6.07, 6.45) is 4.02. The van der Waals surface area contributed by atoms with Crippen LogP contribution >= 0.6 is 0 Å². The molecule has 2 rings (SSSR count). The highest BCUT2D eigenvalue weighted by Crippen LogP contribution is 2.28. The summed E-state index contributed by atoms with van der Waals surface area (Å²) in [7, 11) is 0. The van der Waals surface area contributed by atoms with E-state index in [1.54, 1.807) is 0 Å². The molecule has 0 spiro atoms. The Morgan fingerprint density at radius 2 is 1.81 bits per heavy atom. The van der Waals surface area contributed by atoms with Crippen molar-refractivity contribution in [1.29, 1.82) is 0 Å². The van der Waals surface area contributed by atoms with Crippen molar-refractivity contribution in [2.45, 2.75) is 39.0 Å². The minimum absolute atomic E-state index is 0.504. The van der Waals surface area contributed by atoms with Gasteiger partial charge in [-0.25, -0.2) is 0 Å². The Hall–Kier alpha value is -1.18. The van der Waals surface area contributed by atoms with Crippen LogP contribution in [0.1, 0.15) is 44.6 Å². The van der Waals surface area contributed by atoms with Crippen molar-refractivity contribution in [2.75, 3.05) is 23.7 Å². The van der Waals surface area contributed by atoms with E-state index < -0.39 is 0 Å². The van der Waals surface area contributed by atoms with Gasteiger partial charge in [-0.1, -0.05) is 13.8 Å². The molecule has 1 aliphatic rings. The van der Waals surface area contributed by atoms with Gasteiger partial charge in [0.05, 0.1) is 0 Å². The number of piperidine rings is 1. The molecule has 0 unspecified atom stereocenters. The van der Waals surface area contributed by atoms with Gasteiger partial charge in [-0.05, 0) is 48.9 Å². The van der Waals surface area contributed by atoms with E-state index in [2.05, 4.69) is 36.9 Å². The summed E-state index contributed by atoms with van der Waals surface area (Å²) < 4.78 is 0. The summed E-state index contributed by atoms with van der Waals surface area (Å²) in [5, 5.41) is 0. The van der Waals surface area contributed by atoms with Crippen molar-refractivity contribution in [1.82, 2.24) is 0 Å². The van der Waals surface area contributed by atoms with Crippen molar-refractivity contribution in [3.63, 3.8) is 0 Å². The van der Waals surface area contributed by atoms with Crippen molar-refractivity contribution >= 4 is 11.4 Å². The summed E-state index contributed by atoms with van der Waals surface area (Å²) in [5.74, 6) is 0.504. The molecule has 1 fully saturated rings. The lowest BCUT2D eigenvalue weighted by Crippen LogP contribution is -2.29. The van der Waals surface area contributed by atoms with Crippen LogP contribution in [0.15, 0.2) is 18.2 Å². The van der Waals surface area contributed by atoms with E-state index in [1.807, 2.05) is 0 Å². The molecular weight excluding hydrogens is 196 g/mol. The highest BCUT2D eigenvalue weighted by atomic mass is 15.1. The molecule has 88 valence electrons. The number of rotatable bonds is 2. The maximum Gasteiger partial charge on any atom is 0.0370 e. The van der Waals surface area contributed by atoms with E-state index in [0.29, 0.717) is 5.92 Å². The van der Waals surface area contributed by atoms with E-state index in [4.69, 9.17) is 5.73 Å². The molecule has 0 aromatic heterocycles. The van der Waals surface area contributed by atoms with Gasteiger partial charge in [-0.3, -0.25) is 0 Å². The molecule has 0 saturated carbocycles. The highest BCUT2D eigenvalue weighted by Gasteiger charge is 2.13. The zero-order chi connectivity index (χ0) is 11.5. The van der Waals surface area contributed by atoms with Crippen LogP contribution in [0.3, 0.4) is 0 Å². The van der Waals surface area contributed by atoms with E-state index in [1.165, 1.54) is 43.6 Å². The summed E-state index contributed by atoms with van der Waals surface area (Å²) in [6.45, 7) is 6.79. The Kier molecular flexibility index (Phi) is 3.37. The predicted octanol–water partition coefficient (Wildman–Crippen LogP) is 3.38. The summed E-state index contributed by atoms with van der Waals surface area (Å²) in [5.41, 5.74) is 9.55. The lowest BCUT2D eigenvalue weighted by atomic mass is 9.99. The Labute approximate surface area is 98.4 Å². The molecule has 0 bridgehead atoms. The molecule has 1 saturated heterocycles. The van der Waals surface area contributed by atoms with Crippen LogP contribution in [0, 0.1) is 0 Å². The first-order valence-electron chi connectivity index (χ1n) is 6.33. The summed E-state index contributed by atoms with van der Waals surface area (Å²) >= 11 is 0. The van der Waals surface area contributed by atoms with Crippen LogP contribution in [0.2, 0.25) is 0 Å². The van der Waals surface area contributed by atoms with E-state index in [-0.39, 0.29) is 0 Å². The van der Waals surface area contributed by atoms with Gasteiger partial charge in [0.25, 0.3) is 0 Å². The average molecular weight is 218 g/mol. The zero-order valence-corrected chi connectivity index (χ0v) is 10.4. The van der Waals surface area contributed by atoms with Crippen LogP contribution in [0.25, 0.3) is 0 Å². The third-order valence-corrected chi connectivity index (χ3v) is 3.41. The fraction of sp³-hybridized carbons (Fsp3) is 0.571. The third kappa shape index (κ3) is 2.31. The van der Waals surface area contributed by atoms with E-state index in [0.717, 1.165) is 5.69 Å².